The van der Waals surface area contributed by atoms with Crippen molar-refractivity contribution in [2.24, 2.45) is 0 Å². The van der Waals surface area contributed by atoms with Crippen LogP contribution in [0.3, 0.4) is 0 Å². The van der Waals surface area contributed by atoms with E-state index in [-0.39, 0.29) is 0 Å². The molecule has 1 aromatic carbocycles. The SMILES string of the molecule is C=O.CCc1ccc2c3c(c(N)nc2c1)COC3. The van der Waals surface area contributed by atoms with Crippen LogP contribution in [0.5, 0.6) is 0 Å². The molecule has 0 bridgehead atoms. The van der Waals surface area contributed by atoms with Gasteiger partial charge in [0.15, 0.2) is 0 Å². The number of anilines is 1. The Morgan fingerprint density at radius 1 is 1.33 bits per heavy atom. The lowest BCUT2D eigenvalue weighted by Crippen LogP contribution is -1.99. The van der Waals surface area contributed by atoms with Crippen LogP contribution >= 0.6 is 0 Å². The summed E-state index contributed by atoms with van der Waals surface area (Å²) in [5.74, 6) is 0.619. The number of ether oxygens (including phenoxy) is 1. The number of hydrogen-bond donors (Lipinski definition) is 1. The summed E-state index contributed by atoms with van der Waals surface area (Å²) < 4.78 is 5.44. The first-order valence-corrected chi connectivity index (χ1v) is 5.86. The third-order valence-corrected chi connectivity index (χ3v) is 3.20. The molecule has 18 heavy (non-hydrogen) atoms. The van der Waals surface area contributed by atoms with Crippen LogP contribution in [0.15, 0.2) is 18.2 Å². The van der Waals surface area contributed by atoms with Crippen LogP contribution in [0.2, 0.25) is 0 Å². The zero-order valence-electron chi connectivity index (χ0n) is 10.4. The van der Waals surface area contributed by atoms with Gasteiger partial charge in [0.05, 0.1) is 18.7 Å². The Morgan fingerprint density at radius 2 is 2.06 bits per heavy atom. The molecular weight excluding hydrogens is 228 g/mol. The van der Waals surface area contributed by atoms with Crippen molar-refractivity contribution in [1.29, 1.82) is 0 Å². The van der Waals surface area contributed by atoms with Crippen LogP contribution in [-0.4, -0.2) is 11.8 Å². The number of nitrogens with zero attached hydrogens (tertiary/aromatic N) is 1. The Balaban J connectivity index is 0.000000574. The zero-order chi connectivity index (χ0) is 13.1. The Morgan fingerprint density at radius 3 is 2.78 bits per heavy atom. The quantitative estimate of drug-likeness (QED) is 0.835. The van der Waals surface area contributed by atoms with E-state index < -0.39 is 0 Å². The number of nitrogen functional groups attached to an aromatic ring is 1. The Hall–Kier alpha value is -1.94. The number of nitrogens with two attached hydrogens (primary N) is 1. The van der Waals surface area contributed by atoms with E-state index in [0.29, 0.717) is 19.0 Å². The van der Waals surface area contributed by atoms with Gasteiger partial charge in [-0.1, -0.05) is 19.1 Å². The average Bonchev–Trinajstić information content (AvgIpc) is 2.90. The van der Waals surface area contributed by atoms with Crippen LogP contribution < -0.4 is 5.73 Å². The lowest BCUT2D eigenvalue weighted by atomic mass is 10.0. The average molecular weight is 244 g/mol. The minimum absolute atomic E-state index is 0.597. The highest BCUT2D eigenvalue weighted by Crippen LogP contribution is 2.31. The molecular formula is C14H16N2O2. The minimum Gasteiger partial charge on any atom is -0.383 e. The molecule has 94 valence electrons. The molecule has 0 spiro atoms. The monoisotopic (exact) mass is 244 g/mol. The lowest BCUT2D eigenvalue weighted by Gasteiger charge is -2.07. The highest BCUT2D eigenvalue weighted by molar-refractivity contribution is 5.86. The number of hydrogen-bond acceptors (Lipinski definition) is 4. The molecule has 0 aliphatic carbocycles. The van der Waals surface area contributed by atoms with E-state index in [1.165, 1.54) is 16.5 Å². The van der Waals surface area contributed by atoms with Crippen molar-refractivity contribution < 1.29 is 9.53 Å². The van der Waals surface area contributed by atoms with Gasteiger partial charge in [0.1, 0.15) is 12.6 Å². The molecule has 1 aliphatic heterocycles. The molecule has 0 radical (unpaired) electrons. The van der Waals surface area contributed by atoms with E-state index in [1.807, 2.05) is 6.79 Å². The molecule has 2 aromatic rings. The molecule has 2 N–H and O–H groups in total. The van der Waals surface area contributed by atoms with Crippen LogP contribution in [-0.2, 0) is 29.2 Å². The molecule has 3 rings (SSSR count). The number of carbonyl (C=O) groups excluding carboxylic acids is 1. The van der Waals surface area contributed by atoms with Crippen molar-refractivity contribution >= 4 is 23.5 Å². The second kappa shape index (κ2) is 5.14. The van der Waals surface area contributed by atoms with Gasteiger partial charge in [-0.3, -0.25) is 0 Å². The molecule has 0 saturated heterocycles. The van der Waals surface area contributed by atoms with Crippen molar-refractivity contribution in [3.63, 3.8) is 0 Å². The fraction of sp³-hybridized carbons (Fsp3) is 0.286. The zero-order valence-corrected chi connectivity index (χ0v) is 10.4. The highest BCUT2D eigenvalue weighted by Gasteiger charge is 2.18. The van der Waals surface area contributed by atoms with E-state index in [4.69, 9.17) is 15.3 Å². The van der Waals surface area contributed by atoms with Crippen molar-refractivity contribution in [3.8, 4) is 0 Å². The fourth-order valence-electron chi connectivity index (χ4n) is 2.24. The van der Waals surface area contributed by atoms with Gasteiger partial charge in [0, 0.05) is 10.9 Å². The standard InChI is InChI=1S/C13H14N2O.CH2O/c1-2-8-3-4-9-10-6-16-7-11(10)13(14)15-12(9)5-8;1-2/h3-5H,2,6-7H2,1H3,(H2,14,15);1H2. The smallest absolute Gasteiger partial charge is 0.130 e. The number of benzene rings is 1. The molecule has 4 heteroatoms. The predicted molar refractivity (Wildman–Crippen MR) is 71.1 cm³/mol. The number of pyridine rings is 1. The molecule has 0 saturated carbocycles. The number of fused-ring (bicyclic) bond motifs is 3. The number of aromatic nitrogens is 1. The third-order valence-electron chi connectivity index (χ3n) is 3.20. The summed E-state index contributed by atoms with van der Waals surface area (Å²) in [7, 11) is 0. The maximum Gasteiger partial charge on any atom is 0.130 e. The normalized spacial score (nSPS) is 12.9. The summed E-state index contributed by atoms with van der Waals surface area (Å²) in [6.45, 7) is 5.39. The molecule has 1 aliphatic rings. The topological polar surface area (TPSA) is 65.2 Å². The lowest BCUT2D eigenvalue weighted by molar-refractivity contribution is -0.0979. The Kier molecular flexibility index (Phi) is 3.58. The summed E-state index contributed by atoms with van der Waals surface area (Å²) in [5.41, 5.74) is 10.5. The fourth-order valence-corrected chi connectivity index (χ4v) is 2.24. The summed E-state index contributed by atoms with van der Waals surface area (Å²) in [6, 6.07) is 6.40. The maximum absolute atomic E-state index is 8.00. The van der Waals surface area contributed by atoms with E-state index in [0.717, 1.165) is 17.5 Å². The van der Waals surface area contributed by atoms with Gasteiger partial charge < -0.3 is 15.3 Å². The second-order valence-corrected chi connectivity index (χ2v) is 4.15. The summed E-state index contributed by atoms with van der Waals surface area (Å²) in [4.78, 5) is 12.5. The van der Waals surface area contributed by atoms with Gasteiger partial charge >= 0.3 is 0 Å². The second-order valence-electron chi connectivity index (χ2n) is 4.15. The summed E-state index contributed by atoms with van der Waals surface area (Å²) in [6.07, 6.45) is 1.02. The van der Waals surface area contributed by atoms with Gasteiger partial charge in [0.2, 0.25) is 0 Å². The van der Waals surface area contributed by atoms with Crippen LogP contribution in [0, 0.1) is 0 Å². The van der Waals surface area contributed by atoms with Crippen molar-refractivity contribution in [2.45, 2.75) is 26.6 Å². The summed E-state index contributed by atoms with van der Waals surface area (Å²) in [5, 5.41) is 1.18. The Bertz CT molecular complexity index is 582. The highest BCUT2D eigenvalue weighted by atomic mass is 16.5. The predicted octanol–water partition coefficient (Wildman–Crippen LogP) is 2.22. The number of aryl methyl sites for hydroxylation is 1. The van der Waals surface area contributed by atoms with Gasteiger partial charge in [0.25, 0.3) is 0 Å². The molecule has 4 nitrogen and oxygen atoms in total. The van der Waals surface area contributed by atoms with E-state index in [9.17, 15) is 0 Å². The van der Waals surface area contributed by atoms with E-state index >= 15 is 0 Å². The van der Waals surface area contributed by atoms with Crippen molar-refractivity contribution in [1.82, 2.24) is 4.98 Å². The van der Waals surface area contributed by atoms with E-state index in [2.05, 4.69) is 30.1 Å². The molecule has 0 unspecified atom stereocenters. The van der Waals surface area contributed by atoms with Gasteiger partial charge in [-0.05, 0) is 23.6 Å². The van der Waals surface area contributed by atoms with Crippen LogP contribution in [0.1, 0.15) is 23.6 Å². The van der Waals surface area contributed by atoms with Crippen LogP contribution in [0.25, 0.3) is 10.9 Å². The van der Waals surface area contributed by atoms with Crippen molar-refractivity contribution in [3.05, 3.63) is 34.9 Å². The Labute approximate surface area is 106 Å². The first kappa shape index (κ1) is 12.5. The van der Waals surface area contributed by atoms with Gasteiger partial charge in [-0.15, -0.1) is 0 Å². The largest absolute Gasteiger partial charge is 0.383 e. The number of carbonyl (C=O) groups is 1. The van der Waals surface area contributed by atoms with E-state index in [1.54, 1.807) is 0 Å². The third kappa shape index (κ3) is 1.95. The molecule has 1 aromatic heterocycles. The van der Waals surface area contributed by atoms with Crippen LogP contribution in [0.4, 0.5) is 5.82 Å². The molecule has 0 fully saturated rings. The van der Waals surface area contributed by atoms with Crippen molar-refractivity contribution in [2.75, 3.05) is 5.73 Å². The molecule has 0 atom stereocenters. The van der Waals surface area contributed by atoms with Gasteiger partial charge in [-0.2, -0.15) is 0 Å². The summed E-state index contributed by atoms with van der Waals surface area (Å²) >= 11 is 0. The molecule has 0 amide bonds. The maximum atomic E-state index is 8.00. The number of rotatable bonds is 1. The van der Waals surface area contributed by atoms with Gasteiger partial charge in [-0.25, -0.2) is 4.98 Å². The minimum atomic E-state index is 0.597. The first-order valence-electron chi connectivity index (χ1n) is 5.86. The first-order chi connectivity index (χ1) is 8.79. The molecule has 2 heterocycles.